The van der Waals surface area contributed by atoms with Crippen molar-refractivity contribution in [2.24, 2.45) is 0 Å². The van der Waals surface area contributed by atoms with Crippen molar-refractivity contribution in [3.8, 4) is 0 Å². The number of nitrogens with zero attached hydrogens (tertiary/aromatic N) is 4. The van der Waals surface area contributed by atoms with Gasteiger partial charge in [-0.1, -0.05) is 12.1 Å². The second-order valence-electron chi connectivity index (χ2n) is 4.63. The monoisotopic (exact) mass is 276 g/mol. The summed E-state index contributed by atoms with van der Waals surface area (Å²) in [5.41, 5.74) is 6.58. The van der Waals surface area contributed by atoms with Gasteiger partial charge in [0.05, 0.1) is 6.04 Å². The van der Waals surface area contributed by atoms with Crippen molar-refractivity contribution in [2.75, 3.05) is 30.0 Å². The number of hydrogen-bond donors (Lipinski definition) is 2. The first-order valence-corrected chi connectivity index (χ1v) is 6.16. The number of halogens is 1. The van der Waals surface area contributed by atoms with Gasteiger partial charge in [0.1, 0.15) is 5.82 Å². The van der Waals surface area contributed by atoms with E-state index in [1.807, 2.05) is 21.0 Å². The van der Waals surface area contributed by atoms with E-state index in [2.05, 4.69) is 20.3 Å². The minimum absolute atomic E-state index is 0.0765. The van der Waals surface area contributed by atoms with Crippen molar-refractivity contribution in [1.82, 2.24) is 15.0 Å². The van der Waals surface area contributed by atoms with Crippen LogP contribution in [0.3, 0.4) is 0 Å². The number of nitrogens with two attached hydrogens (primary N) is 1. The van der Waals surface area contributed by atoms with Crippen LogP contribution in [0.5, 0.6) is 0 Å². The maximum absolute atomic E-state index is 12.9. The Balaban J connectivity index is 2.18. The van der Waals surface area contributed by atoms with E-state index in [1.54, 1.807) is 17.0 Å². The van der Waals surface area contributed by atoms with Gasteiger partial charge in [-0.25, -0.2) is 4.39 Å². The number of anilines is 3. The van der Waals surface area contributed by atoms with E-state index in [0.29, 0.717) is 11.9 Å². The minimum Gasteiger partial charge on any atom is -0.368 e. The molecule has 1 atom stereocenters. The van der Waals surface area contributed by atoms with Crippen LogP contribution in [0.2, 0.25) is 0 Å². The molecule has 1 unspecified atom stereocenters. The number of nitrogen functional groups attached to an aromatic ring is 1. The van der Waals surface area contributed by atoms with Gasteiger partial charge in [-0.15, -0.1) is 0 Å². The summed E-state index contributed by atoms with van der Waals surface area (Å²) in [5, 5.41) is 3.12. The van der Waals surface area contributed by atoms with Crippen LogP contribution in [0.4, 0.5) is 22.2 Å². The Labute approximate surface area is 116 Å². The van der Waals surface area contributed by atoms with Gasteiger partial charge in [0.25, 0.3) is 0 Å². The van der Waals surface area contributed by atoms with Crippen LogP contribution in [0.25, 0.3) is 0 Å². The van der Waals surface area contributed by atoms with Gasteiger partial charge < -0.3 is 16.0 Å². The van der Waals surface area contributed by atoms with Gasteiger partial charge in [0.2, 0.25) is 17.8 Å². The summed E-state index contributed by atoms with van der Waals surface area (Å²) in [7, 11) is 3.64. The fraction of sp³-hybridized carbons (Fsp3) is 0.308. The molecular weight excluding hydrogens is 259 g/mol. The van der Waals surface area contributed by atoms with Gasteiger partial charge >= 0.3 is 0 Å². The van der Waals surface area contributed by atoms with Crippen molar-refractivity contribution >= 4 is 17.8 Å². The molecule has 0 saturated carbocycles. The van der Waals surface area contributed by atoms with Crippen LogP contribution in [-0.2, 0) is 0 Å². The summed E-state index contributed by atoms with van der Waals surface area (Å²) in [6, 6.07) is 6.18. The molecule has 0 aliphatic heterocycles. The molecule has 0 radical (unpaired) electrons. The largest absolute Gasteiger partial charge is 0.368 e. The molecule has 6 nitrogen and oxygen atoms in total. The van der Waals surface area contributed by atoms with Crippen LogP contribution in [-0.4, -0.2) is 29.0 Å². The number of benzene rings is 1. The summed E-state index contributed by atoms with van der Waals surface area (Å²) >= 11 is 0. The second kappa shape index (κ2) is 5.68. The Hall–Kier alpha value is -2.44. The molecule has 0 aliphatic rings. The zero-order valence-electron chi connectivity index (χ0n) is 11.6. The molecule has 0 aliphatic carbocycles. The molecular formula is C13H17FN6. The van der Waals surface area contributed by atoms with Gasteiger partial charge in [0.15, 0.2) is 0 Å². The van der Waals surface area contributed by atoms with E-state index < -0.39 is 0 Å². The molecule has 1 aromatic heterocycles. The second-order valence-corrected chi connectivity index (χ2v) is 4.63. The average Bonchev–Trinajstić information content (AvgIpc) is 2.38. The Kier molecular flexibility index (Phi) is 3.97. The lowest BCUT2D eigenvalue weighted by Crippen LogP contribution is -2.17. The molecule has 3 N–H and O–H groups in total. The molecule has 7 heteroatoms. The maximum Gasteiger partial charge on any atom is 0.231 e. The molecule has 0 bridgehead atoms. The number of aromatic nitrogens is 3. The quantitative estimate of drug-likeness (QED) is 0.887. The first-order valence-electron chi connectivity index (χ1n) is 6.16. The molecule has 2 rings (SSSR count). The first kappa shape index (κ1) is 14.0. The minimum atomic E-state index is -0.264. The molecule has 0 spiro atoms. The lowest BCUT2D eigenvalue weighted by atomic mass is 10.1. The highest BCUT2D eigenvalue weighted by Gasteiger charge is 2.10. The van der Waals surface area contributed by atoms with E-state index in [4.69, 9.17) is 5.73 Å². The lowest BCUT2D eigenvalue weighted by molar-refractivity contribution is 0.626. The first-order chi connectivity index (χ1) is 9.45. The summed E-state index contributed by atoms with van der Waals surface area (Å²) < 4.78 is 12.9. The molecule has 1 heterocycles. The molecule has 106 valence electrons. The highest BCUT2D eigenvalue weighted by atomic mass is 19.1. The number of hydrogen-bond acceptors (Lipinski definition) is 6. The summed E-state index contributed by atoms with van der Waals surface area (Å²) in [4.78, 5) is 14.1. The predicted octanol–water partition coefficient (Wildman–Crippen LogP) is 1.83. The average molecular weight is 276 g/mol. The molecule has 0 fully saturated rings. The van der Waals surface area contributed by atoms with Gasteiger partial charge in [0, 0.05) is 14.1 Å². The van der Waals surface area contributed by atoms with Crippen molar-refractivity contribution in [3.05, 3.63) is 35.6 Å². The third-order valence-corrected chi connectivity index (χ3v) is 2.76. The third kappa shape index (κ3) is 3.31. The van der Waals surface area contributed by atoms with E-state index in [-0.39, 0.29) is 17.8 Å². The Morgan fingerprint density at radius 2 is 1.80 bits per heavy atom. The van der Waals surface area contributed by atoms with Crippen molar-refractivity contribution < 1.29 is 4.39 Å². The van der Waals surface area contributed by atoms with Gasteiger partial charge in [-0.05, 0) is 24.6 Å². The smallest absolute Gasteiger partial charge is 0.231 e. The van der Waals surface area contributed by atoms with E-state index in [1.165, 1.54) is 12.1 Å². The fourth-order valence-electron chi connectivity index (χ4n) is 1.67. The predicted molar refractivity (Wildman–Crippen MR) is 77.0 cm³/mol. The summed E-state index contributed by atoms with van der Waals surface area (Å²) in [5.74, 6) is 0.752. The molecule has 1 aromatic carbocycles. The summed E-state index contributed by atoms with van der Waals surface area (Å²) in [6.45, 7) is 1.93. The lowest BCUT2D eigenvalue weighted by Gasteiger charge is -2.16. The SMILES string of the molecule is CC(Nc1nc(N)nc(N(C)C)n1)c1ccc(F)cc1. The van der Waals surface area contributed by atoms with Crippen molar-refractivity contribution in [3.63, 3.8) is 0 Å². The molecule has 0 amide bonds. The highest BCUT2D eigenvalue weighted by Crippen LogP contribution is 2.18. The maximum atomic E-state index is 12.9. The standard InChI is InChI=1S/C13H17FN6/c1-8(9-4-6-10(14)7-5-9)16-12-17-11(15)18-13(19-12)20(2)3/h4-8H,1-3H3,(H3,15,16,17,18,19). The van der Waals surface area contributed by atoms with Crippen LogP contribution in [0.1, 0.15) is 18.5 Å². The number of rotatable bonds is 4. The molecule has 0 saturated heterocycles. The Morgan fingerprint density at radius 3 is 2.40 bits per heavy atom. The highest BCUT2D eigenvalue weighted by molar-refractivity contribution is 5.42. The Bertz CT molecular complexity index is 584. The fourth-order valence-corrected chi connectivity index (χ4v) is 1.67. The topological polar surface area (TPSA) is 80.0 Å². The Morgan fingerprint density at radius 1 is 1.15 bits per heavy atom. The van der Waals surface area contributed by atoms with E-state index in [0.717, 1.165) is 5.56 Å². The van der Waals surface area contributed by atoms with Crippen molar-refractivity contribution in [1.29, 1.82) is 0 Å². The molecule has 20 heavy (non-hydrogen) atoms. The normalized spacial score (nSPS) is 12.0. The van der Waals surface area contributed by atoms with Crippen LogP contribution in [0.15, 0.2) is 24.3 Å². The summed E-state index contributed by atoms with van der Waals surface area (Å²) in [6.07, 6.45) is 0. The van der Waals surface area contributed by atoms with Crippen LogP contribution >= 0.6 is 0 Å². The number of nitrogens with one attached hydrogen (secondary N) is 1. The van der Waals surface area contributed by atoms with Crippen LogP contribution < -0.4 is 16.0 Å². The van der Waals surface area contributed by atoms with E-state index in [9.17, 15) is 4.39 Å². The third-order valence-electron chi connectivity index (χ3n) is 2.76. The van der Waals surface area contributed by atoms with Crippen molar-refractivity contribution in [2.45, 2.75) is 13.0 Å². The van der Waals surface area contributed by atoms with E-state index >= 15 is 0 Å². The van der Waals surface area contributed by atoms with Gasteiger partial charge in [-0.3, -0.25) is 0 Å². The molecule has 2 aromatic rings. The van der Waals surface area contributed by atoms with Crippen LogP contribution in [0, 0.1) is 5.82 Å². The zero-order chi connectivity index (χ0) is 14.7. The van der Waals surface area contributed by atoms with Gasteiger partial charge in [-0.2, -0.15) is 15.0 Å². The zero-order valence-corrected chi connectivity index (χ0v) is 11.6.